The third-order valence-electron chi connectivity index (χ3n) is 3.56. The third kappa shape index (κ3) is 2.10. The van der Waals surface area contributed by atoms with Gasteiger partial charge in [0.2, 0.25) is 0 Å². The summed E-state index contributed by atoms with van der Waals surface area (Å²) < 4.78 is 5.92. The molecule has 2 aliphatic rings. The van der Waals surface area contributed by atoms with Crippen molar-refractivity contribution in [1.29, 1.82) is 0 Å². The molecule has 0 aliphatic carbocycles. The number of rotatable bonds is 2. The van der Waals surface area contributed by atoms with Gasteiger partial charge in [-0.05, 0) is 37.4 Å². The zero-order valence-electron chi connectivity index (χ0n) is 8.87. The SMILES string of the molecule is CCC(O)C1CCOC2(CCSC2)C1. The molecule has 82 valence electrons. The van der Waals surface area contributed by atoms with Crippen molar-refractivity contribution in [3.8, 4) is 0 Å². The van der Waals surface area contributed by atoms with Crippen molar-refractivity contribution in [2.24, 2.45) is 5.92 Å². The number of aliphatic hydroxyl groups is 1. The summed E-state index contributed by atoms with van der Waals surface area (Å²) in [4.78, 5) is 0. The van der Waals surface area contributed by atoms with Crippen molar-refractivity contribution in [2.75, 3.05) is 18.1 Å². The van der Waals surface area contributed by atoms with Gasteiger partial charge in [-0.15, -0.1) is 0 Å². The van der Waals surface area contributed by atoms with Crippen molar-refractivity contribution in [2.45, 2.75) is 44.3 Å². The van der Waals surface area contributed by atoms with Crippen molar-refractivity contribution in [3.63, 3.8) is 0 Å². The smallest absolute Gasteiger partial charge is 0.0783 e. The van der Waals surface area contributed by atoms with E-state index in [2.05, 4.69) is 6.92 Å². The standard InChI is InChI=1S/C11H20O2S/c1-2-10(12)9-3-5-13-11(7-9)4-6-14-8-11/h9-10,12H,2-8H2,1H3. The molecular weight excluding hydrogens is 196 g/mol. The van der Waals surface area contributed by atoms with Gasteiger partial charge in [-0.1, -0.05) is 6.92 Å². The lowest BCUT2D eigenvalue weighted by atomic mass is 9.81. The van der Waals surface area contributed by atoms with Crippen molar-refractivity contribution in [3.05, 3.63) is 0 Å². The predicted molar refractivity (Wildman–Crippen MR) is 59.6 cm³/mol. The summed E-state index contributed by atoms with van der Waals surface area (Å²) >= 11 is 1.99. The van der Waals surface area contributed by atoms with Crippen LogP contribution in [0.25, 0.3) is 0 Å². The lowest BCUT2D eigenvalue weighted by Crippen LogP contribution is -2.43. The molecule has 3 atom stereocenters. The Hall–Kier alpha value is 0.270. The molecule has 0 aromatic rings. The van der Waals surface area contributed by atoms with Crippen LogP contribution in [0.1, 0.15) is 32.6 Å². The highest BCUT2D eigenvalue weighted by molar-refractivity contribution is 7.99. The molecule has 0 bridgehead atoms. The fraction of sp³-hybridized carbons (Fsp3) is 1.00. The second kappa shape index (κ2) is 4.42. The zero-order chi connectivity index (χ0) is 10.0. The Kier molecular flexibility index (Phi) is 3.40. The van der Waals surface area contributed by atoms with Gasteiger partial charge < -0.3 is 9.84 Å². The number of hydrogen-bond acceptors (Lipinski definition) is 3. The third-order valence-corrected chi connectivity index (χ3v) is 4.78. The molecule has 0 radical (unpaired) electrons. The maximum absolute atomic E-state index is 9.86. The largest absolute Gasteiger partial charge is 0.393 e. The van der Waals surface area contributed by atoms with E-state index in [1.165, 1.54) is 12.2 Å². The highest BCUT2D eigenvalue weighted by atomic mass is 32.2. The monoisotopic (exact) mass is 216 g/mol. The van der Waals surface area contributed by atoms with Gasteiger partial charge in [0.1, 0.15) is 0 Å². The first-order valence-electron chi connectivity index (χ1n) is 5.65. The molecule has 2 aliphatic heterocycles. The average Bonchev–Trinajstić information content (AvgIpc) is 2.65. The summed E-state index contributed by atoms with van der Waals surface area (Å²) in [5.74, 6) is 2.85. The van der Waals surface area contributed by atoms with Crippen LogP contribution in [0.2, 0.25) is 0 Å². The molecule has 0 saturated carbocycles. The van der Waals surface area contributed by atoms with Gasteiger partial charge in [0.15, 0.2) is 0 Å². The number of hydrogen-bond donors (Lipinski definition) is 1. The summed E-state index contributed by atoms with van der Waals surface area (Å²) in [6.07, 6.45) is 4.08. The van der Waals surface area contributed by atoms with Crippen LogP contribution in [0, 0.1) is 5.92 Å². The van der Waals surface area contributed by atoms with Crippen LogP contribution in [-0.4, -0.2) is 34.9 Å². The Balaban J connectivity index is 1.96. The molecule has 2 nitrogen and oxygen atoms in total. The van der Waals surface area contributed by atoms with Gasteiger partial charge in [0, 0.05) is 12.4 Å². The van der Waals surface area contributed by atoms with Crippen molar-refractivity contribution < 1.29 is 9.84 Å². The van der Waals surface area contributed by atoms with Crippen LogP contribution >= 0.6 is 11.8 Å². The molecule has 2 rings (SSSR count). The van der Waals surface area contributed by atoms with Gasteiger partial charge in [-0.25, -0.2) is 0 Å². The van der Waals surface area contributed by atoms with Crippen LogP contribution < -0.4 is 0 Å². The minimum absolute atomic E-state index is 0.110. The molecule has 0 amide bonds. The number of ether oxygens (including phenoxy) is 1. The van der Waals surface area contributed by atoms with Crippen molar-refractivity contribution >= 4 is 11.8 Å². The fourth-order valence-corrected chi connectivity index (χ4v) is 3.97. The summed E-state index contributed by atoms with van der Waals surface area (Å²) in [5, 5.41) is 9.86. The van der Waals surface area contributed by atoms with Crippen LogP contribution in [0.5, 0.6) is 0 Å². The number of aliphatic hydroxyl groups excluding tert-OH is 1. The Morgan fingerprint density at radius 2 is 2.50 bits per heavy atom. The fourth-order valence-electron chi connectivity index (χ4n) is 2.59. The first kappa shape index (κ1) is 10.8. The summed E-state index contributed by atoms with van der Waals surface area (Å²) in [6.45, 7) is 2.92. The van der Waals surface area contributed by atoms with E-state index in [0.29, 0.717) is 5.92 Å². The quantitative estimate of drug-likeness (QED) is 0.766. The Labute approximate surface area is 90.4 Å². The van der Waals surface area contributed by atoms with E-state index < -0.39 is 0 Å². The molecule has 3 unspecified atom stereocenters. The van der Waals surface area contributed by atoms with Gasteiger partial charge in [0.25, 0.3) is 0 Å². The Morgan fingerprint density at radius 3 is 3.14 bits per heavy atom. The van der Waals surface area contributed by atoms with E-state index >= 15 is 0 Å². The molecule has 2 fully saturated rings. The molecule has 0 aromatic heterocycles. The summed E-state index contributed by atoms with van der Waals surface area (Å²) in [7, 11) is 0. The van der Waals surface area contributed by atoms with E-state index in [0.717, 1.165) is 31.6 Å². The van der Waals surface area contributed by atoms with Gasteiger partial charge >= 0.3 is 0 Å². The van der Waals surface area contributed by atoms with Gasteiger partial charge in [-0.2, -0.15) is 11.8 Å². The van der Waals surface area contributed by atoms with E-state index in [1.807, 2.05) is 11.8 Å². The second-order valence-corrected chi connectivity index (χ2v) is 5.67. The average molecular weight is 216 g/mol. The van der Waals surface area contributed by atoms with Crippen LogP contribution in [-0.2, 0) is 4.74 Å². The van der Waals surface area contributed by atoms with Gasteiger partial charge in [0.05, 0.1) is 11.7 Å². The zero-order valence-corrected chi connectivity index (χ0v) is 9.68. The van der Waals surface area contributed by atoms with Crippen LogP contribution in [0.3, 0.4) is 0 Å². The van der Waals surface area contributed by atoms with Gasteiger partial charge in [-0.3, -0.25) is 0 Å². The molecule has 2 heterocycles. The van der Waals surface area contributed by atoms with Crippen LogP contribution in [0.4, 0.5) is 0 Å². The van der Waals surface area contributed by atoms with E-state index in [-0.39, 0.29) is 11.7 Å². The maximum Gasteiger partial charge on any atom is 0.0783 e. The topological polar surface area (TPSA) is 29.5 Å². The number of thioether (sulfide) groups is 1. The minimum atomic E-state index is -0.110. The second-order valence-electron chi connectivity index (χ2n) is 4.56. The lowest BCUT2D eigenvalue weighted by Gasteiger charge is -2.39. The molecule has 2 saturated heterocycles. The van der Waals surface area contributed by atoms with Crippen molar-refractivity contribution in [1.82, 2.24) is 0 Å². The van der Waals surface area contributed by atoms with Crippen LogP contribution in [0.15, 0.2) is 0 Å². The molecule has 14 heavy (non-hydrogen) atoms. The Morgan fingerprint density at radius 1 is 1.64 bits per heavy atom. The molecule has 3 heteroatoms. The molecular formula is C11H20O2S. The maximum atomic E-state index is 9.86. The van der Waals surface area contributed by atoms with E-state index in [4.69, 9.17) is 4.74 Å². The van der Waals surface area contributed by atoms with E-state index in [9.17, 15) is 5.11 Å². The highest BCUT2D eigenvalue weighted by Gasteiger charge is 2.41. The normalized spacial score (nSPS) is 40.3. The molecule has 1 N–H and O–H groups in total. The highest BCUT2D eigenvalue weighted by Crippen LogP contribution is 2.41. The summed E-state index contributed by atoms with van der Waals surface area (Å²) in [6, 6.07) is 0. The summed E-state index contributed by atoms with van der Waals surface area (Å²) in [5.41, 5.74) is 0.129. The predicted octanol–water partition coefficient (Wildman–Crippen LogP) is 2.06. The molecule has 1 spiro atoms. The first-order chi connectivity index (χ1) is 6.76. The first-order valence-corrected chi connectivity index (χ1v) is 6.81. The molecule has 0 aromatic carbocycles. The Bertz CT molecular complexity index is 190. The van der Waals surface area contributed by atoms with E-state index in [1.54, 1.807) is 0 Å². The lowest BCUT2D eigenvalue weighted by molar-refractivity contribution is -0.101. The minimum Gasteiger partial charge on any atom is -0.393 e.